The van der Waals surface area contributed by atoms with Crippen molar-refractivity contribution in [2.75, 3.05) is 21.2 Å². The number of allylic oxidation sites excluding steroid dienone is 1. The van der Waals surface area contributed by atoms with Gasteiger partial charge in [0, 0.05) is 16.4 Å². The van der Waals surface area contributed by atoms with Crippen LogP contribution in [0.2, 0.25) is 0 Å². The fourth-order valence-electron chi connectivity index (χ4n) is 6.93. The molecule has 1 fully saturated rings. The number of aromatic hydroxyl groups is 1. The molecule has 4 rings (SSSR count). The van der Waals surface area contributed by atoms with Gasteiger partial charge < -0.3 is 30.9 Å². The van der Waals surface area contributed by atoms with Crippen LogP contribution < -0.4 is 5.73 Å². The normalized spacial score (nSPS) is 31.8. The van der Waals surface area contributed by atoms with Crippen LogP contribution in [0.1, 0.15) is 43.9 Å². The maximum absolute atomic E-state index is 14.2. The fourth-order valence-corrected chi connectivity index (χ4v) is 6.93. The zero-order chi connectivity index (χ0) is 27.8. The topological polar surface area (TPSA) is 171 Å². The summed E-state index contributed by atoms with van der Waals surface area (Å²) in [7, 11) is 4.63. The quantitative estimate of drug-likeness (QED) is 0.298. The molecular weight excluding hydrogens is 480 g/mol. The first-order chi connectivity index (χ1) is 17.1. The number of phenolic OH excluding ortho intramolecular Hbond substituents is 1. The molecule has 0 unspecified atom stereocenters. The van der Waals surface area contributed by atoms with Gasteiger partial charge in [-0.15, -0.1) is 0 Å². The fraction of sp³-hybridized carbons (Fsp3) is 0.444. The van der Waals surface area contributed by atoms with E-state index in [2.05, 4.69) is 0 Å². The summed E-state index contributed by atoms with van der Waals surface area (Å²) < 4.78 is 5.15. The number of likely N-dealkylation sites (N-methyl/N-ethyl adjacent to an activating group) is 1. The Labute approximate surface area is 214 Å². The Morgan fingerprint density at radius 2 is 1.81 bits per heavy atom. The number of phenols is 1. The summed E-state index contributed by atoms with van der Waals surface area (Å²) in [6, 6.07) is 1.88. The van der Waals surface area contributed by atoms with E-state index in [-0.39, 0.29) is 29.7 Å². The first-order valence-corrected chi connectivity index (χ1v) is 11.8. The van der Waals surface area contributed by atoms with Gasteiger partial charge in [0.25, 0.3) is 5.91 Å². The third kappa shape index (κ3) is 3.21. The second-order valence-corrected chi connectivity index (χ2v) is 10.9. The third-order valence-corrected chi connectivity index (χ3v) is 8.23. The number of carbonyl (C=O) groups is 3. The summed E-state index contributed by atoms with van der Waals surface area (Å²) in [4.78, 5) is 41.2. The number of benzene rings is 1. The van der Waals surface area contributed by atoms with E-state index in [1.54, 1.807) is 34.0 Å². The van der Waals surface area contributed by atoms with Crippen molar-refractivity contribution in [1.29, 1.82) is 0 Å². The first kappa shape index (κ1) is 26.4. The van der Waals surface area contributed by atoms with Crippen LogP contribution in [-0.4, -0.2) is 75.6 Å². The number of ketones is 2. The molecule has 1 aromatic rings. The average Bonchev–Trinajstić information content (AvgIpc) is 2.75. The van der Waals surface area contributed by atoms with Gasteiger partial charge in [-0.3, -0.25) is 19.3 Å². The molecule has 4 atom stereocenters. The monoisotopic (exact) mass is 512 g/mol. The molecule has 0 aromatic heterocycles. The number of carbonyl (C=O) groups excluding carboxylic acids is 3. The minimum absolute atomic E-state index is 0.0315. The lowest BCUT2D eigenvalue weighted by Gasteiger charge is -2.59. The van der Waals surface area contributed by atoms with Crippen molar-refractivity contribution in [3.05, 3.63) is 52.0 Å². The van der Waals surface area contributed by atoms with E-state index in [1.165, 1.54) is 31.3 Å². The molecular formula is C27H32N2O8. The number of rotatable bonds is 4. The predicted molar refractivity (Wildman–Crippen MR) is 134 cm³/mol. The number of hydrogen-bond acceptors (Lipinski definition) is 9. The molecule has 0 bridgehead atoms. The lowest BCUT2D eigenvalue weighted by atomic mass is 9.46. The van der Waals surface area contributed by atoms with Crippen LogP contribution in [0.25, 0.3) is 11.3 Å². The SMILES string of the molecule is CO/C=C(/C)c1ccc(O)c2c1C[C@@]1(C)C[C@@]3(C)[C@H](N(C)C)C(=O)C(C(N)=O)=C(O)[C@@]3(O)C(=O)C1=C2O. The maximum atomic E-state index is 14.2. The summed E-state index contributed by atoms with van der Waals surface area (Å²) in [6.07, 6.45) is 1.65. The van der Waals surface area contributed by atoms with Gasteiger partial charge >= 0.3 is 0 Å². The number of ether oxygens (including phenoxy) is 1. The number of hydrogen-bond donors (Lipinski definition) is 5. The highest BCUT2D eigenvalue weighted by Gasteiger charge is 2.72. The van der Waals surface area contributed by atoms with Crippen LogP contribution in [0.15, 0.2) is 35.3 Å². The number of aliphatic hydroxyl groups is 3. The van der Waals surface area contributed by atoms with E-state index in [9.17, 15) is 34.8 Å². The van der Waals surface area contributed by atoms with E-state index in [0.717, 1.165) is 0 Å². The van der Waals surface area contributed by atoms with Gasteiger partial charge in [0.05, 0.1) is 25.0 Å². The zero-order valence-electron chi connectivity index (χ0n) is 21.7. The highest BCUT2D eigenvalue weighted by molar-refractivity contribution is 6.25. The number of amides is 1. The predicted octanol–water partition coefficient (Wildman–Crippen LogP) is 1.75. The van der Waals surface area contributed by atoms with Gasteiger partial charge in [-0.2, -0.15) is 0 Å². The number of nitrogens with zero attached hydrogens (tertiary/aromatic N) is 1. The molecule has 1 amide bonds. The van der Waals surface area contributed by atoms with Gasteiger partial charge in [-0.05, 0) is 56.6 Å². The molecule has 3 aliphatic carbocycles. The number of methoxy groups -OCH3 is 1. The Hall–Kier alpha value is -3.63. The van der Waals surface area contributed by atoms with Crippen molar-refractivity contribution < 1.29 is 39.5 Å². The van der Waals surface area contributed by atoms with E-state index in [4.69, 9.17) is 10.5 Å². The molecule has 1 saturated carbocycles. The first-order valence-electron chi connectivity index (χ1n) is 11.8. The van der Waals surface area contributed by atoms with Crippen LogP contribution in [0.4, 0.5) is 0 Å². The highest BCUT2D eigenvalue weighted by Crippen LogP contribution is 2.63. The van der Waals surface area contributed by atoms with Gasteiger partial charge in [-0.25, -0.2) is 0 Å². The van der Waals surface area contributed by atoms with E-state index < -0.39 is 57.0 Å². The van der Waals surface area contributed by atoms with E-state index in [1.807, 2.05) is 0 Å². The molecule has 0 saturated heterocycles. The molecule has 0 spiro atoms. The summed E-state index contributed by atoms with van der Waals surface area (Å²) in [5.41, 5.74) is 0.862. The number of aliphatic hydroxyl groups excluding tert-OH is 2. The van der Waals surface area contributed by atoms with Crippen LogP contribution >= 0.6 is 0 Å². The Morgan fingerprint density at radius 1 is 1.19 bits per heavy atom. The van der Waals surface area contributed by atoms with Gasteiger partial charge in [0.1, 0.15) is 22.8 Å². The molecule has 0 aliphatic heterocycles. The van der Waals surface area contributed by atoms with Crippen LogP contribution in [0.5, 0.6) is 5.75 Å². The Balaban J connectivity index is 2.09. The maximum Gasteiger partial charge on any atom is 0.255 e. The number of fused-ring (bicyclic) bond motifs is 3. The number of nitrogens with two attached hydrogens (primary N) is 1. The van der Waals surface area contributed by atoms with Gasteiger partial charge in [-0.1, -0.05) is 19.9 Å². The molecule has 0 heterocycles. The average molecular weight is 513 g/mol. The van der Waals surface area contributed by atoms with Crippen molar-refractivity contribution >= 4 is 28.8 Å². The Kier molecular flexibility index (Phi) is 5.85. The smallest absolute Gasteiger partial charge is 0.255 e. The lowest BCUT2D eigenvalue weighted by Crippen LogP contribution is -2.72. The van der Waals surface area contributed by atoms with Crippen LogP contribution in [0.3, 0.4) is 0 Å². The molecule has 0 radical (unpaired) electrons. The van der Waals surface area contributed by atoms with Crippen molar-refractivity contribution in [2.24, 2.45) is 16.6 Å². The van der Waals surface area contributed by atoms with Crippen molar-refractivity contribution in [1.82, 2.24) is 4.90 Å². The van der Waals surface area contributed by atoms with Crippen molar-refractivity contribution in [2.45, 2.75) is 45.3 Å². The highest BCUT2D eigenvalue weighted by atomic mass is 16.5. The zero-order valence-corrected chi connectivity index (χ0v) is 21.7. The lowest BCUT2D eigenvalue weighted by molar-refractivity contribution is -0.176. The Morgan fingerprint density at radius 3 is 2.35 bits per heavy atom. The largest absolute Gasteiger partial charge is 0.508 e. The second-order valence-electron chi connectivity index (χ2n) is 10.9. The van der Waals surface area contributed by atoms with Crippen LogP contribution in [0, 0.1) is 10.8 Å². The standard InChI is InChI=1S/C27H32N2O8/c1-12(10-37-6)13-7-8-15(30)16-14(13)9-25(2)11-26(3)21(29(4)5)20(32)17(24(28)35)22(33)27(26,36)23(34)18(25)19(16)31/h7-8,10,21,30-31,33,36H,9,11H2,1-6H3,(H2,28,35)/b12-10-/t21-,25+,26+,27-/m1/s1. The minimum atomic E-state index is -2.74. The molecule has 198 valence electrons. The summed E-state index contributed by atoms with van der Waals surface area (Å²) in [6.45, 7) is 5.04. The van der Waals surface area contributed by atoms with E-state index in [0.29, 0.717) is 16.7 Å². The minimum Gasteiger partial charge on any atom is -0.508 e. The van der Waals surface area contributed by atoms with Gasteiger partial charge in [0.2, 0.25) is 5.78 Å². The van der Waals surface area contributed by atoms with Crippen LogP contribution in [-0.2, 0) is 25.5 Å². The molecule has 10 heteroatoms. The van der Waals surface area contributed by atoms with E-state index >= 15 is 0 Å². The molecule has 10 nitrogen and oxygen atoms in total. The van der Waals surface area contributed by atoms with Gasteiger partial charge in [0.15, 0.2) is 11.4 Å². The summed E-state index contributed by atoms with van der Waals surface area (Å²) in [5.74, 6) is -5.08. The Bertz CT molecular complexity index is 1360. The molecule has 37 heavy (non-hydrogen) atoms. The second kappa shape index (κ2) is 8.19. The molecule has 1 aromatic carbocycles. The molecule has 6 N–H and O–H groups in total. The summed E-state index contributed by atoms with van der Waals surface area (Å²) >= 11 is 0. The van der Waals surface area contributed by atoms with Crippen molar-refractivity contribution in [3.8, 4) is 5.75 Å². The van der Waals surface area contributed by atoms with Crippen molar-refractivity contribution in [3.63, 3.8) is 0 Å². The number of Topliss-reactive ketones (excluding diaryl/α,β-unsaturated/α-hetero) is 2. The number of primary amides is 1. The summed E-state index contributed by atoms with van der Waals surface area (Å²) in [5, 5.41) is 45.2. The third-order valence-electron chi connectivity index (χ3n) is 8.23. The molecule has 3 aliphatic rings.